The van der Waals surface area contributed by atoms with Gasteiger partial charge in [-0.25, -0.2) is 13.6 Å². The van der Waals surface area contributed by atoms with E-state index in [9.17, 15) is 72.1 Å². The quantitative estimate of drug-likeness (QED) is 0.0377. The highest BCUT2D eigenvalue weighted by molar-refractivity contribution is 6.14. The lowest BCUT2D eigenvalue weighted by Crippen LogP contribution is -2.58. The summed E-state index contributed by atoms with van der Waals surface area (Å²) in [5, 5.41) is 42.6. The van der Waals surface area contributed by atoms with Crippen LogP contribution in [0.3, 0.4) is 0 Å². The van der Waals surface area contributed by atoms with E-state index in [2.05, 4.69) is 31.9 Å². The van der Waals surface area contributed by atoms with Crippen molar-refractivity contribution >= 4 is 71.0 Å². The van der Waals surface area contributed by atoms with Crippen LogP contribution in [0, 0.1) is 17.0 Å². The van der Waals surface area contributed by atoms with E-state index in [1.807, 2.05) is 12.1 Å². The van der Waals surface area contributed by atoms with E-state index in [-0.39, 0.29) is 17.7 Å². The monoisotopic (exact) mass is 1090 g/mol. The summed E-state index contributed by atoms with van der Waals surface area (Å²) in [6, 6.07) is 5.76. The van der Waals surface area contributed by atoms with Crippen LogP contribution in [0.5, 0.6) is 0 Å². The number of carbonyl (C=O) groups is 12. The number of aliphatic hydroxyl groups is 1. The first-order valence-electron chi connectivity index (χ1n) is 24.3. The van der Waals surface area contributed by atoms with Crippen LogP contribution < -0.4 is 37.6 Å². The number of hydrogen-bond donors (Lipinski definition) is 10. The molecule has 27 heteroatoms. The summed E-state index contributed by atoms with van der Waals surface area (Å²) in [5.41, 5.74) is 5.74. The van der Waals surface area contributed by atoms with E-state index >= 15 is 4.39 Å². The number of carboxylic acids is 2. The second-order valence-electron chi connectivity index (χ2n) is 19.1. The van der Waals surface area contributed by atoms with Gasteiger partial charge in [0.2, 0.25) is 47.3 Å². The van der Waals surface area contributed by atoms with E-state index in [1.54, 1.807) is 55.8 Å². The van der Waals surface area contributed by atoms with Gasteiger partial charge in [0.25, 0.3) is 11.8 Å². The molecule has 25 nitrogen and oxygen atoms in total. The number of benzene rings is 2. The molecular weight excluding hydrogens is 1030 g/mol. The Labute approximate surface area is 445 Å². The van der Waals surface area contributed by atoms with E-state index < -0.39 is 183 Å². The highest BCUT2D eigenvalue weighted by Gasteiger charge is 2.39. The number of nitrogens with two attached hydrogens (primary N) is 1. The van der Waals surface area contributed by atoms with E-state index in [0.717, 1.165) is 35.9 Å². The molecule has 0 radical (unpaired) electrons. The summed E-state index contributed by atoms with van der Waals surface area (Å²) in [4.78, 5) is 154. The first-order valence-corrected chi connectivity index (χ1v) is 24.3. The SMILES string of the molecule is C[C@H](NC(=O)CNC(=O)CN1C(=O)C=CC1=O)C(=O)N[C@@H](CC(N)=O)C(=O)N[C@@H](CCN(C(=O)CO)[C@@H](c1cc(-c2cc(F)ccc2F)cn1Cc1ccccc1)C(C)(C)C)C(=O)NCCC(=O)N[C@H](CCC(=O)O)C(=O)O. The van der Waals surface area contributed by atoms with Gasteiger partial charge in [0.15, 0.2) is 0 Å². The zero-order valence-corrected chi connectivity index (χ0v) is 43.0. The summed E-state index contributed by atoms with van der Waals surface area (Å²) in [6.45, 7) is 3.10. The van der Waals surface area contributed by atoms with Gasteiger partial charge >= 0.3 is 11.9 Å². The summed E-state index contributed by atoms with van der Waals surface area (Å²) < 4.78 is 31.7. The summed E-state index contributed by atoms with van der Waals surface area (Å²) in [6.07, 6.45) is 0.459. The van der Waals surface area contributed by atoms with Crippen molar-refractivity contribution in [2.24, 2.45) is 11.1 Å². The molecule has 0 fully saturated rings. The third kappa shape index (κ3) is 18.4. The van der Waals surface area contributed by atoms with Crippen LogP contribution in [0.25, 0.3) is 11.1 Å². The number of nitrogens with one attached hydrogen (secondary N) is 6. The number of amides is 10. The normalized spacial score (nSPS) is 14.0. The molecule has 2 heterocycles. The molecule has 78 heavy (non-hydrogen) atoms. The minimum atomic E-state index is -1.85. The molecule has 0 unspecified atom stereocenters. The first-order chi connectivity index (χ1) is 36.7. The number of imide groups is 1. The second kappa shape index (κ2) is 28.3. The van der Waals surface area contributed by atoms with Gasteiger partial charge in [-0.3, -0.25) is 57.6 Å². The van der Waals surface area contributed by atoms with Crippen molar-refractivity contribution in [3.63, 3.8) is 0 Å². The Morgan fingerprint density at radius 3 is 2.00 bits per heavy atom. The predicted octanol–water partition coefficient (Wildman–Crippen LogP) is -0.889. The maximum atomic E-state index is 15.4. The second-order valence-corrected chi connectivity index (χ2v) is 19.1. The number of hydrogen-bond acceptors (Lipinski definition) is 13. The lowest BCUT2D eigenvalue weighted by atomic mass is 9.82. The van der Waals surface area contributed by atoms with Crippen LogP contribution in [0.4, 0.5) is 8.78 Å². The predicted molar refractivity (Wildman–Crippen MR) is 269 cm³/mol. The highest BCUT2D eigenvalue weighted by Crippen LogP contribution is 2.41. The Balaban J connectivity index is 1.65. The number of aromatic nitrogens is 1. The maximum absolute atomic E-state index is 15.4. The van der Waals surface area contributed by atoms with Gasteiger partial charge in [-0.05, 0) is 55.0 Å². The van der Waals surface area contributed by atoms with Crippen LogP contribution in [0.2, 0.25) is 0 Å². The average molecular weight is 1090 g/mol. The Hall–Kier alpha value is -8.88. The van der Waals surface area contributed by atoms with Gasteiger partial charge in [-0.2, -0.15) is 0 Å². The highest BCUT2D eigenvalue weighted by atomic mass is 19.1. The minimum absolute atomic E-state index is 0.105. The van der Waals surface area contributed by atoms with E-state index in [0.29, 0.717) is 10.6 Å². The zero-order valence-electron chi connectivity index (χ0n) is 43.0. The van der Waals surface area contributed by atoms with Crippen LogP contribution >= 0.6 is 0 Å². The standard InChI is InChI=1S/C51H62F2N10O15/c1-28(57-40(67)23-56-41(68)26-63-42(69)13-14-43(63)70)47(74)60-36(22-38(54)65)49(76)59-34(48(75)55-18-16-39(66)58-35(50(77)78)12-15-45(72)73)17-19-62(44(71)27-64)46(51(2,3)4)37-20-30(32-21-31(52)10-11-33(32)53)25-61(37)24-29-8-6-5-7-9-29/h5-11,13-14,20-21,25,28,34-36,46,64H,12,15-19,22-24,26-27H2,1-4H3,(H2,54,65)(H,55,75)(H,56,68)(H,57,67)(H,58,66)(H,59,76)(H,60,74)(H,72,73)(H,77,78)/t28-,34-,35+,36-,46-/m0/s1. The third-order valence-electron chi connectivity index (χ3n) is 11.9. The Bertz CT molecular complexity index is 2780. The smallest absolute Gasteiger partial charge is 0.326 e. The van der Waals surface area contributed by atoms with Crippen LogP contribution in [-0.2, 0) is 64.1 Å². The lowest BCUT2D eigenvalue weighted by Gasteiger charge is -2.41. The van der Waals surface area contributed by atoms with Gasteiger partial charge in [0, 0.05) is 67.6 Å². The number of rotatable bonds is 29. The van der Waals surface area contributed by atoms with Gasteiger partial charge in [-0.1, -0.05) is 51.1 Å². The van der Waals surface area contributed by atoms with Gasteiger partial charge in [-0.15, -0.1) is 0 Å². The van der Waals surface area contributed by atoms with Crippen molar-refractivity contribution in [3.8, 4) is 11.1 Å². The number of nitrogens with zero attached hydrogens (tertiary/aromatic N) is 3. The fourth-order valence-electron chi connectivity index (χ4n) is 8.15. The fraction of sp³-hybridized carbons (Fsp3) is 0.412. The molecule has 0 aliphatic carbocycles. The zero-order chi connectivity index (χ0) is 58.0. The lowest BCUT2D eigenvalue weighted by molar-refractivity contribution is -0.143. The molecule has 420 valence electrons. The molecule has 1 aromatic heterocycles. The molecule has 0 bridgehead atoms. The van der Waals surface area contributed by atoms with Gasteiger partial charge < -0.3 is 62.4 Å². The summed E-state index contributed by atoms with van der Waals surface area (Å²) in [7, 11) is 0. The molecule has 0 saturated heterocycles. The molecule has 1 aliphatic rings. The van der Waals surface area contributed by atoms with Gasteiger partial charge in [0.1, 0.15) is 49.0 Å². The number of aliphatic carboxylic acids is 2. The molecular formula is C51H62F2N10O15. The van der Waals surface area contributed by atoms with Crippen molar-refractivity contribution in [1.29, 1.82) is 0 Å². The molecule has 10 amide bonds. The molecule has 1 aliphatic heterocycles. The molecule has 5 atom stereocenters. The number of aliphatic hydroxyl groups excluding tert-OH is 1. The number of halogens is 2. The van der Waals surface area contributed by atoms with Crippen LogP contribution in [0.15, 0.2) is 72.9 Å². The molecule has 2 aromatic carbocycles. The van der Waals surface area contributed by atoms with Crippen molar-refractivity contribution < 1.29 is 81.6 Å². The Morgan fingerprint density at radius 2 is 1.40 bits per heavy atom. The minimum Gasteiger partial charge on any atom is -0.481 e. The van der Waals surface area contributed by atoms with E-state index in [4.69, 9.17) is 10.8 Å². The Kier molecular flexibility index (Phi) is 22.4. The number of carboxylic acid groups (broad SMARTS) is 2. The maximum Gasteiger partial charge on any atom is 0.326 e. The van der Waals surface area contributed by atoms with E-state index in [1.165, 1.54) is 11.8 Å². The molecule has 0 spiro atoms. The first kappa shape index (κ1) is 61.7. The van der Waals surface area contributed by atoms with Crippen molar-refractivity contribution in [1.82, 2.24) is 46.3 Å². The summed E-state index contributed by atoms with van der Waals surface area (Å²) >= 11 is 0. The van der Waals surface area contributed by atoms with Crippen molar-refractivity contribution in [3.05, 3.63) is 95.8 Å². The van der Waals surface area contributed by atoms with Crippen molar-refractivity contribution in [2.45, 2.75) is 96.6 Å². The molecule has 3 aromatic rings. The molecule has 11 N–H and O–H groups in total. The van der Waals surface area contributed by atoms with Gasteiger partial charge in [0.05, 0.1) is 19.0 Å². The summed E-state index contributed by atoms with van der Waals surface area (Å²) in [5.74, 6) is -13.9. The number of carbonyl (C=O) groups excluding carboxylic acids is 10. The largest absolute Gasteiger partial charge is 0.481 e. The van der Waals surface area contributed by atoms with Crippen LogP contribution in [0.1, 0.15) is 77.1 Å². The van der Waals surface area contributed by atoms with Crippen molar-refractivity contribution in [2.75, 3.05) is 32.8 Å². The number of primary amides is 1. The van der Waals surface area contributed by atoms with Crippen LogP contribution in [-0.4, -0.2) is 158 Å². The average Bonchev–Trinajstić information content (AvgIpc) is 4.00. The Morgan fingerprint density at radius 1 is 0.744 bits per heavy atom. The molecule has 0 saturated carbocycles. The fourth-order valence-corrected chi connectivity index (χ4v) is 8.15. The molecule has 4 rings (SSSR count). The third-order valence-corrected chi connectivity index (χ3v) is 11.9. The topological polar surface area (TPSA) is 375 Å².